The summed E-state index contributed by atoms with van der Waals surface area (Å²) in [6.07, 6.45) is 5.18. The first kappa shape index (κ1) is 25.7. The number of piperidine rings is 1. The zero-order valence-electron chi connectivity index (χ0n) is 17.4. The van der Waals surface area contributed by atoms with E-state index in [9.17, 15) is 4.79 Å². The van der Waals surface area contributed by atoms with E-state index in [1.807, 2.05) is 18.2 Å². The van der Waals surface area contributed by atoms with Crippen LogP contribution in [0.2, 0.25) is 0 Å². The fraction of sp³-hybridized carbons (Fsp3) is 0.667. The molecule has 29 heavy (non-hydrogen) atoms. The molecule has 0 radical (unpaired) electrons. The van der Waals surface area contributed by atoms with Crippen LogP contribution in [0.4, 0.5) is 5.69 Å². The molecular formula is C21H35Cl2N3O3. The fourth-order valence-corrected chi connectivity index (χ4v) is 4.06. The van der Waals surface area contributed by atoms with Gasteiger partial charge in [0.1, 0.15) is 11.5 Å². The van der Waals surface area contributed by atoms with Gasteiger partial charge in [-0.1, -0.05) is 0 Å². The van der Waals surface area contributed by atoms with Crippen molar-refractivity contribution in [2.75, 3.05) is 51.8 Å². The minimum atomic E-state index is 0. The van der Waals surface area contributed by atoms with Crippen LogP contribution in [0.5, 0.6) is 11.5 Å². The van der Waals surface area contributed by atoms with E-state index in [1.165, 1.54) is 12.8 Å². The minimum Gasteiger partial charge on any atom is -0.497 e. The van der Waals surface area contributed by atoms with Crippen LogP contribution in [0.3, 0.4) is 0 Å². The SMILES string of the molecule is COc1cc(OC)cc(N2CCC(CNC(=O)CCC3CCNCC3)C2)c1.Cl.Cl. The average Bonchev–Trinajstić information content (AvgIpc) is 3.20. The fourth-order valence-electron chi connectivity index (χ4n) is 4.06. The molecule has 3 rings (SSSR count). The van der Waals surface area contributed by atoms with Gasteiger partial charge in [-0.2, -0.15) is 0 Å². The number of nitrogens with one attached hydrogen (secondary N) is 2. The van der Waals surface area contributed by atoms with Crippen molar-refractivity contribution < 1.29 is 14.3 Å². The summed E-state index contributed by atoms with van der Waals surface area (Å²) in [6, 6.07) is 5.98. The maximum atomic E-state index is 12.2. The molecule has 1 unspecified atom stereocenters. The smallest absolute Gasteiger partial charge is 0.220 e. The van der Waals surface area contributed by atoms with E-state index in [-0.39, 0.29) is 30.7 Å². The third kappa shape index (κ3) is 7.76. The highest BCUT2D eigenvalue weighted by atomic mass is 35.5. The second kappa shape index (κ2) is 13.0. The first-order chi connectivity index (χ1) is 13.2. The molecule has 0 aliphatic carbocycles. The van der Waals surface area contributed by atoms with Gasteiger partial charge in [-0.25, -0.2) is 0 Å². The lowest BCUT2D eigenvalue weighted by atomic mass is 9.93. The van der Waals surface area contributed by atoms with Gasteiger partial charge < -0.3 is 25.0 Å². The molecule has 2 aliphatic heterocycles. The predicted molar refractivity (Wildman–Crippen MR) is 122 cm³/mol. The Balaban J connectivity index is 0.00000210. The van der Waals surface area contributed by atoms with Crippen LogP contribution >= 0.6 is 24.8 Å². The van der Waals surface area contributed by atoms with Crippen molar-refractivity contribution in [3.63, 3.8) is 0 Å². The Morgan fingerprint density at radius 1 is 1.07 bits per heavy atom. The lowest BCUT2D eigenvalue weighted by molar-refractivity contribution is -0.121. The van der Waals surface area contributed by atoms with Gasteiger partial charge in [-0.3, -0.25) is 4.79 Å². The number of halogens is 2. The number of carbonyl (C=O) groups excluding carboxylic acids is 1. The largest absolute Gasteiger partial charge is 0.497 e. The summed E-state index contributed by atoms with van der Waals surface area (Å²) in [7, 11) is 3.34. The van der Waals surface area contributed by atoms with E-state index in [1.54, 1.807) is 14.2 Å². The maximum absolute atomic E-state index is 12.2. The van der Waals surface area contributed by atoms with Gasteiger partial charge in [0.2, 0.25) is 5.91 Å². The molecule has 2 fully saturated rings. The summed E-state index contributed by atoms with van der Waals surface area (Å²) in [4.78, 5) is 14.5. The topological polar surface area (TPSA) is 62.8 Å². The van der Waals surface area contributed by atoms with E-state index in [0.717, 1.165) is 62.8 Å². The number of ether oxygens (including phenoxy) is 2. The van der Waals surface area contributed by atoms with Crippen LogP contribution in [0.1, 0.15) is 32.1 Å². The lowest BCUT2D eigenvalue weighted by Gasteiger charge is -2.22. The summed E-state index contributed by atoms with van der Waals surface area (Å²) >= 11 is 0. The van der Waals surface area contributed by atoms with Gasteiger partial charge in [0.15, 0.2) is 0 Å². The number of hydrogen-bond acceptors (Lipinski definition) is 5. The normalized spacial score (nSPS) is 19.1. The molecule has 2 saturated heterocycles. The third-order valence-corrected chi connectivity index (χ3v) is 5.81. The number of benzene rings is 1. The van der Waals surface area contributed by atoms with Gasteiger partial charge in [0.05, 0.1) is 14.2 Å². The van der Waals surface area contributed by atoms with Gasteiger partial charge in [-0.15, -0.1) is 24.8 Å². The minimum absolute atomic E-state index is 0. The van der Waals surface area contributed by atoms with Crippen LogP contribution in [0.25, 0.3) is 0 Å². The second-order valence-electron chi connectivity index (χ2n) is 7.71. The van der Waals surface area contributed by atoms with E-state index in [4.69, 9.17) is 9.47 Å². The standard InChI is InChI=1S/C21H33N3O3.2ClH/c1-26-19-11-18(12-20(13-19)27-2)24-10-7-17(15-24)14-23-21(25)4-3-16-5-8-22-9-6-16;;/h11-13,16-17,22H,3-10,14-15H2,1-2H3,(H,23,25);2*1H. The molecule has 2 heterocycles. The van der Waals surface area contributed by atoms with Gasteiger partial charge in [0, 0.05) is 49.9 Å². The molecule has 1 amide bonds. The Morgan fingerprint density at radius 2 is 1.72 bits per heavy atom. The van der Waals surface area contributed by atoms with Crippen molar-refractivity contribution >= 4 is 36.4 Å². The van der Waals surface area contributed by atoms with Crippen molar-refractivity contribution in [3.8, 4) is 11.5 Å². The Kier molecular flexibility index (Phi) is 11.5. The van der Waals surface area contributed by atoms with Crippen LogP contribution in [-0.4, -0.2) is 52.9 Å². The van der Waals surface area contributed by atoms with Crippen molar-refractivity contribution in [1.82, 2.24) is 10.6 Å². The average molecular weight is 448 g/mol. The second-order valence-corrected chi connectivity index (χ2v) is 7.71. The summed E-state index contributed by atoms with van der Waals surface area (Å²) in [5.41, 5.74) is 1.12. The van der Waals surface area contributed by atoms with E-state index in [0.29, 0.717) is 18.3 Å². The molecule has 1 aromatic rings. The summed E-state index contributed by atoms with van der Waals surface area (Å²) < 4.78 is 10.7. The Bertz CT molecular complexity index is 605. The highest BCUT2D eigenvalue weighted by Crippen LogP contribution is 2.31. The highest BCUT2D eigenvalue weighted by Gasteiger charge is 2.24. The van der Waals surface area contributed by atoms with E-state index >= 15 is 0 Å². The van der Waals surface area contributed by atoms with Crippen molar-refractivity contribution in [2.24, 2.45) is 11.8 Å². The molecule has 166 valence electrons. The van der Waals surface area contributed by atoms with Gasteiger partial charge >= 0.3 is 0 Å². The third-order valence-electron chi connectivity index (χ3n) is 5.81. The molecule has 6 nitrogen and oxygen atoms in total. The number of anilines is 1. The zero-order valence-corrected chi connectivity index (χ0v) is 19.1. The molecule has 0 spiro atoms. The highest BCUT2D eigenvalue weighted by molar-refractivity contribution is 5.85. The number of methoxy groups -OCH3 is 2. The summed E-state index contributed by atoms with van der Waals surface area (Å²) in [6.45, 7) is 4.90. The zero-order chi connectivity index (χ0) is 19.1. The number of carbonyl (C=O) groups is 1. The molecule has 0 saturated carbocycles. The van der Waals surface area contributed by atoms with Crippen LogP contribution in [0, 0.1) is 11.8 Å². The summed E-state index contributed by atoms with van der Waals surface area (Å²) in [5.74, 6) is 3.01. The Hall–Kier alpha value is -1.37. The molecule has 2 aliphatic rings. The number of hydrogen-bond donors (Lipinski definition) is 2. The predicted octanol–water partition coefficient (Wildman–Crippen LogP) is 3.27. The number of nitrogens with zero attached hydrogens (tertiary/aromatic N) is 1. The first-order valence-electron chi connectivity index (χ1n) is 10.1. The van der Waals surface area contributed by atoms with Gasteiger partial charge in [-0.05, 0) is 50.6 Å². The molecule has 1 aromatic carbocycles. The van der Waals surface area contributed by atoms with Gasteiger partial charge in [0.25, 0.3) is 0 Å². The molecule has 8 heteroatoms. The quantitative estimate of drug-likeness (QED) is 0.639. The molecule has 0 bridgehead atoms. The summed E-state index contributed by atoms with van der Waals surface area (Å²) in [5, 5.41) is 6.53. The van der Waals surface area contributed by atoms with Crippen LogP contribution in [-0.2, 0) is 4.79 Å². The molecular weight excluding hydrogens is 413 g/mol. The molecule has 1 atom stereocenters. The molecule has 0 aromatic heterocycles. The Morgan fingerprint density at radius 3 is 2.34 bits per heavy atom. The van der Waals surface area contributed by atoms with Crippen molar-refractivity contribution in [1.29, 1.82) is 0 Å². The van der Waals surface area contributed by atoms with Crippen LogP contribution in [0.15, 0.2) is 18.2 Å². The monoisotopic (exact) mass is 447 g/mol. The number of rotatable bonds is 8. The lowest BCUT2D eigenvalue weighted by Crippen LogP contribution is -2.32. The Labute approximate surface area is 186 Å². The first-order valence-corrected chi connectivity index (χ1v) is 10.1. The van der Waals surface area contributed by atoms with E-state index in [2.05, 4.69) is 15.5 Å². The number of amides is 1. The van der Waals surface area contributed by atoms with Crippen molar-refractivity contribution in [2.45, 2.75) is 32.1 Å². The maximum Gasteiger partial charge on any atom is 0.220 e. The van der Waals surface area contributed by atoms with Crippen molar-refractivity contribution in [3.05, 3.63) is 18.2 Å². The molecule has 2 N–H and O–H groups in total. The van der Waals surface area contributed by atoms with Crippen LogP contribution < -0.4 is 25.0 Å². The van der Waals surface area contributed by atoms with E-state index < -0.39 is 0 Å².